The molecule has 2 aromatic rings. The number of anilines is 3. The molecule has 2 fully saturated rings. The molecule has 1 unspecified atom stereocenters. The Labute approximate surface area is 205 Å². The van der Waals surface area contributed by atoms with Gasteiger partial charge in [-0.05, 0) is 40.5 Å². The number of morpholine rings is 1. The highest BCUT2D eigenvalue weighted by atomic mass is 16.6. The van der Waals surface area contributed by atoms with Gasteiger partial charge in [-0.25, -0.2) is 19.7 Å². The number of nitrogens with zero attached hydrogens (tertiary/aromatic N) is 7. The molecular weight excluding hydrogens is 448 g/mol. The Bertz CT molecular complexity index is 1100. The molecule has 1 amide bonds. The van der Waals surface area contributed by atoms with E-state index >= 15 is 0 Å². The van der Waals surface area contributed by atoms with Crippen LogP contribution >= 0.6 is 0 Å². The van der Waals surface area contributed by atoms with Crippen molar-refractivity contribution < 1.29 is 14.3 Å². The van der Waals surface area contributed by atoms with Gasteiger partial charge in [0.2, 0.25) is 11.9 Å². The van der Waals surface area contributed by atoms with E-state index in [-0.39, 0.29) is 17.6 Å². The van der Waals surface area contributed by atoms with Crippen molar-refractivity contribution in [1.29, 1.82) is 0 Å². The third-order valence-electron chi connectivity index (χ3n) is 6.81. The number of aromatic nitrogens is 4. The molecule has 3 aliphatic heterocycles. The summed E-state index contributed by atoms with van der Waals surface area (Å²) in [4.78, 5) is 37.5. The highest BCUT2D eigenvalue weighted by Crippen LogP contribution is 2.41. The summed E-state index contributed by atoms with van der Waals surface area (Å²) in [6.07, 6.45) is 4.82. The predicted octanol–water partition coefficient (Wildman–Crippen LogP) is 2.11. The van der Waals surface area contributed by atoms with Crippen LogP contribution in [-0.2, 0) is 15.9 Å². The Balaban J connectivity index is 1.49. The first-order chi connectivity index (χ1) is 16.6. The summed E-state index contributed by atoms with van der Waals surface area (Å²) in [5, 5.41) is 0. The Morgan fingerprint density at radius 2 is 1.83 bits per heavy atom. The predicted molar refractivity (Wildman–Crippen MR) is 132 cm³/mol. The minimum absolute atomic E-state index is 0.232. The number of carbonyl (C=O) groups excluding carboxylic acids is 1. The van der Waals surface area contributed by atoms with E-state index in [2.05, 4.69) is 26.7 Å². The smallest absolute Gasteiger partial charge is 0.410 e. The molecule has 1 atom stereocenters. The van der Waals surface area contributed by atoms with E-state index in [0.29, 0.717) is 32.3 Å². The monoisotopic (exact) mass is 482 g/mol. The van der Waals surface area contributed by atoms with Crippen LogP contribution in [0.15, 0.2) is 12.4 Å². The van der Waals surface area contributed by atoms with Crippen LogP contribution in [0.3, 0.4) is 0 Å². The van der Waals surface area contributed by atoms with Crippen molar-refractivity contribution >= 4 is 23.8 Å². The van der Waals surface area contributed by atoms with Crippen molar-refractivity contribution in [3.63, 3.8) is 0 Å². The van der Waals surface area contributed by atoms with E-state index in [4.69, 9.17) is 25.2 Å². The highest BCUT2D eigenvalue weighted by Gasteiger charge is 2.45. The van der Waals surface area contributed by atoms with Crippen LogP contribution in [-0.4, -0.2) is 88.0 Å². The number of nitrogens with two attached hydrogens (primary N) is 1. The van der Waals surface area contributed by atoms with Crippen molar-refractivity contribution in [2.24, 2.45) is 0 Å². The summed E-state index contributed by atoms with van der Waals surface area (Å²) in [5.74, 6) is 1.83. The molecule has 3 aliphatic rings. The van der Waals surface area contributed by atoms with Gasteiger partial charge in [0.15, 0.2) is 0 Å². The summed E-state index contributed by atoms with van der Waals surface area (Å²) in [6.45, 7) is 12.7. The lowest BCUT2D eigenvalue weighted by molar-refractivity contribution is 0.0285. The molecule has 5 rings (SSSR count). The molecule has 35 heavy (non-hydrogen) atoms. The third-order valence-corrected chi connectivity index (χ3v) is 6.81. The van der Waals surface area contributed by atoms with Gasteiger partial charge in [-0.3, -0.25) is 0 Å². The normalized spacial score (nSPS) is 22.5. The van der Waals surface area contributed by atoms with Crippen molar-refractivity contribution in [2.75, 3.05) is 61.5 Å². The molecule has 0 spiro atoms. The maximum absolute atomic E-state index is 12.8. The molecule has 0 bridgehead atoms. The Kier molecular flexibility index (Phi) is 5.90. The number of carbonyl (C=O) groups is 1. The standard InChI is InChI=1S/C24H34N8O3/c1-23(2,3)35-22(33)31-8-6-24(4,15-31)32-7-5-17-18(16-13-26-20(25)27-14-16)28-21(29-19(17)32)30-9-11-34-12-10-30/h13-14H,5-12,15H2,1-4H3,(H2,25,26,27). The van der Waals surface area contributed by atoms with Crippen molar-refractivity contribution in [2.45, 2.75) is 51.7 Å². The van der Waals surface area contributed by atoms with Crippen LogP contribution in [0.2, 0.25) is 0 Å². The highest BCUT2D eigenvalue weighted by molar-refractivity contribution is 5.74. The number of hydrogen-bond donors (Lipinski definition) is 1. The van der Waals surface area contributed by atoms with Gasteiger partial charge in [0, 0.05) is 56.2 Å². The second kappa shape index (κ2) is 8.78. The number of amides is 1. The zero-order valence-corrected chi connectivity index (χ0v) is 21.0. The molecule has 0 aliphatic carbocycles. The Hall–Kier alpha value is -3.21. The van der Waals surface area contributed by atoms with Gasteiger partial charge in [0.25, 0.3) is 0 Å². The molecule has 188 valence electrons. The van der Waals surface area contributed by atoms with Gasteiger partial charge in [-0.2, -0.15) is 4.98 Å². The van der Waals surface area contributed by atoms with Gasteiger partial charge in [0.05, 0.1) is 24.4 Å². The minimum Gasteiger partial charge on any atom is -0.444 e. The second-order valence-corrected chi connectivity index (χ2v) is 10.7. The van der Waals surface area contributed by atoms with Gasteiger partial charge >= 0.3 is 6.09 Å². The summed E-state index contributed by atoms with van der Waals surface area (Å²) in [7, 11) is 0. The lowest BCUT2D eigenvalue weighted by atomic mass is 9.99. The van der Waals surface area contributed by atoms with Crippen molar-refractivity contribution in [1.82, 2.24) is 24.8 Å². The summed E-state index contributed by atoms with van der Waals surface area (Å²) in [5.41, 5.74) is 7.69. The van der Waals surface area contributed by atoms with E-state index in [0.717, 1.165) is 55.1 Å². The van der Waals surface area contributed by atoms with E-state index in [1.807, 2.05) is 25.7 Å². The van der Waals surface area contributed by atoms with Gasteiger partial charge in [-0.15, -0.1) is 0 Å². The minimum atomic E-state index is -0.521. The molecule has 11 nitrogen and oxygen atoms in total. The molecule has 2 aromatic heterocycles. The van der Waals surface area contributed by atoms with Crippen LogP contribution in [0.25, 0.3) is 11.3 Å². The average molecular weight is 483 g/mol. The molecular formula is C24H34N8O3. The molecule has 5 heterocycles. The first-order valence-electron chi connectivity index (χ1n) is 12.2. The number of rotatable bonds is 3. The maximum Gasteiger partial charge on any atom is 0.410 e. The Morgan fingerprint density at radius 1 is 1.11 bits per heavy atom. The van der Waals surface area contributed by atoms with Gasteiger partial charge < -0.3 is 29.9 Å². The fourth-order valence-corrected chi connectivity index (χ4v) is 5.02. The molecule has 2 saturated heterocycles. The van der Waals surface area contributed by atoms with E-state index in [1.54, 1.807) is 12.4 Å². The molecule has 0 aromatic carbocycles. The van der Waals surface area contributed by atoms with E-state index in [9.17, 15) is 4.79 Å². The third kappa shape index (κ3) is 4.69. The second-order valence-electron chi connectivity index (χ2n) is 10.7. The number of hydrogen-bond acceptors (Lipinski definition) is 10. The number of ether oxygens (including phenoxy) is 2. The number of likely N-dealkylation sites (tertiary alicyclic amines) is 1. The fraction of sp³-hybridized carbons (Fsp3) is 0.625. The lowest BCUT2D eigenvalue weighted by Crippen LogP contribution is -2.49. The topological polar surface area (TPSA) is 123 Å². The zero-order chi connectivity index (χ0) is 24.8. The van der Waals surface area contributed by atoms with Crippen LogP contribution in [0.1, 0.15) is 39.7 Å². The summed E-state index contributed by atoms with van der Waals surface area (Å²) in [6, 6.07) is 0. The lowest BCUT2D eigenvalue weighted by Gasteiger charge is -2.37. The largest absolute Gasteiger partial charge is 0.444 e. The van der Waals surface area contributed by atoms with Gasteiger partial charge in [-0.1, -0.05) is 0 Å². The molecule has 11 heteroatoms. The number of fused-ring (bicyclic) bond motifs is 1. The fourth-order valence-electron chi connectivity index (χ4n) is 5.02. The molecule has 0 saturated carbocycles. The maximum atomic E-state index is 12.8. The quantitative estimate of drug-likeness (QED) is 0.696. The zero-order valence-electron chi connectivity index (χ0n) is 21.0. The summed E-state index contributed by atoms with van der Waals surface area (Å²) >= 11 is 0. The summed E-state index contributed by atoms with van der Waals surface area (Å²) < 4.78 is 11.2. The van der Waals surface area contributed by atoms with Crippen LogP contribution in [0, 0.1) is 0 Å². The molecule has 2 N–H and O–H groups in total. The number of nitrogen functional groups attached to an aromatic ring is 1. The van der Waals surface area contributed by atoms with Crippen LogP contribution in [0.5, 0.6) is 0 Å². The van der Waals surface area contributed by atoms with Crippen LogP contribution < -0.4 is 15.5 Å². The Morgan fingerprint density at radius 3 is 2.51 bits per heavy atom. The molecule has 0 radical (unpaired) electrons. The van der Waals surface area contributed by atoms with Gasteiger partial charge in [0.1, 0.15) is 11.4 Å². The first-order valence-corrected chi connectivity index (χ1v) is 12.2. The van der Waals surface area contributed by atoms with E-state index in [1.165, 1.54) is 0 Å². The van der Waals surface area contributed by atoms with Crippen molar-refractivity contribution in [3.05, 3.63) is 18.0 Å². The SMILES string of the molecule is CC(C)(C)OC(=O)N1CCC(C)(N2CCc3c(-c4cnc(N)nc4)nc(N4CCOCC4)nc32)C1. The van der Waals surface area contributed by atoms with Crippen molar-refractivity contribution in [3.8, 4) is 11.3 Å². The first kappa shape index (κ1) is 23.5. The average Bonchev–Trinajstić information content (AvgIpc) is 3.43. The van der Waals surface area contributed by atoms with Crippen LogP contribution in [0.4, 0.5) is 22.5 Å². The van der Waals surface area contributed by atoms with E-state index < -0.39 is 5.60 Å².